The summed E-state index contributed by atoms with van der Waals surface area (Å²) in [4.78, 5) is 28.6. The van der Waals surface area contributed by atoms with E-state index in [9.17, 15) is 18.0 Å². The molecule has 3 rings (SSSR count). The van der Waals surface area contributed by atoms with E-state index in [0.717, 1.165) is 26.3 Å². The lowest BCUT2D eigenvalue weighted by atomic mass is 10.1. The zero-order valence-electron chi connectivity index (χ0n) is 24.1. The largest absolute Gasteiger partial charge is 0.494 e. The van der Waals surface area contributed by atoms with Gasteiger partial charge in [-0.25, -0.2) is 8.42 Å². The summed E-state index contributed by atoms with van der Waals surface area (Å²) in [5, 5.41) is 2.94. The van der Waals surface area contributed by atoms with E-state index >= 15 is 0 Å². The maximum atomic E-state index is 14.0. The quantitative estimate of drug-likeness (QED) is 0.258. The number of nitrogens with one attached hydrogen (secondary N) is 1. The van der Waals surface area contributed by atoms with Crippen LogP contribution in [0, 0.1) is 6.92 Å². The van der Waals surface area contributed by atoms with Gasteiger partial charge in [0.15, 0.2) is 0 Å². The smallest absolute Gasteiger partial charge is 0.264 e. The average molecular weight is 645 g/mol. The van der Waals surface area contributed by atoms with Gasteiger partial charge in [0.05, 0.1) is 17.2 Å². The van der Waals surface area contributed by atoms with Crippen LogP contribution >= 0.6 is 15.9 Å². The molecular weight excluding hydrogens is 606 g/mol. The predicted octanol–water partition coefficient (Wildman–Crippen LogP) is 5.68. The molecule has 0 fully saturated rings. The van der Waals surface area contributed by atoms with Crippen molar-refractivity contribution in [2.45, 2.75) is 64.6 Å². The maximum absolute atomic E-state index is 14.0. The van der Waals surface area contributed by atoms with Crippen molar-refractivity contribution in [2.75, 3.05) is 17.5 Å². The summed E-state index contributed by atoms with van der Waals surface area (Å²) < 4.78 is 35.4. The minimum absolute atomic E-state index is 0.0619. The van der Waals surface area contributed by atoms with Gasteiger partial charge in [-0.1, -0.05) is 52.7 Å². The van der Waals surface area contributed by atoms with Gasteiger partial charge >= 0.3 is 0 Å². The molecule has 0 saturated heterocycles. The lowest BCUT2D eigenvalue weighted by molar-refractivity contribution is -0.139. The Bertz CT molecular complexity index is 1410. The van der Waals surface area contributed by atoms with Gasteiger partial charge in [0.25, 0.3) is 10.0 Å². The van der Waals surface area contributed by atoms with Crippen LogP contribution in [-0.4, -0.2) is 50.4 Å². The van der Waals surface area contributed by atoms with Crippen LogP contribution in [0.3, 0.4) is 0 Å². The first kappa shape index (κ1) is 32.1. The molecule has 41 heavy (non-hydrogen) atoms. The van der Waals surface area contributed by atoms with Crippen molar-refractivity contribution in [3.63, 3.8) is 0 Å². The van der Waals surface area contributed by atoms with Gasteiger partial charge < -0.3 is 15.0 Å². The fourth-order valence-electron chi connectivity index (χ4n) is 4.08. The Morgan fingerprint density at radius 1 is 0.927 bits per heavy atom. The number of nitrogens with zero attached hydrogens (tertiary/aromatic N) is 2. The van der Waals surface area contributed by atoms with Crippen molar-refractivity contribution in [1.82, 2.24) is 10.2 Å². The van der Waals surface area contributed by atoms with Crippen molar-refractivity contribution in [1.29, 1.82) is 0 Å². The summed E-state index contributed by atoms with van der Waals surface area (Å²) >= 11 is 3.42. The van der Waals surface area contributed by atoms with E-state index < -0.39 is 28.5 Å². The van der Waals surface area contributed by atoms with Gasteiger partial charge in [-0.3, -0.25) is 13.9 Å². The summed E-state index contributed by atoms with van der Waals surface area (Å²) in [6, 6.07) is 19.6. The second kappa shape index (κ2) is 14.5. The number of ether oxygens (including phenoxy) is 1. The second-order valence-corrected chi connectivity index (χ2v) is 12.7. The van der Waals surface area contributed by atoms with Gasteiger partial charge in [-0.2, -0.15) is 0 Å². The lowest BCUT2D eigenvalue weighted by Crippen LogP contribution is -2.52. The highest BCUT2D eigenvalue weighted by Gasteiger charge is 2.32. The van der Waals surface area contributed by atoms with Gasteiger partial charge in [0.2, 0.25) is 11.8 Å². The average Bonchev–Trinajstić information content (AvgIpc) is 2.95. The van der Waals surface area contributed by atoms with E-state index in [1.165, 1.54) is 17.0 Å². The van der Waals surface area contributed by atoms with Crippen molar-refractivity contribution >= 4 is 43.5 Å². The number of sulfonamides is 1. The van der Waals surface area contributed by atoms with E-state index in [2.05, 4.69) is 21.2 Å². The highest BCUT2D eigenvalue weighted by molar-refractivity contribution is 9.10. The molecule has 2 amide bonds. The Kier molecular flexibility index (Phi) is 11.4. The number of hydrogen-bond acceptors (Lipinski definition) is 5. The second-order valence-electron chi connectivity index (χ2n) is 9.89. The number of amides is 2. The third-order valence-corrected chi connectivity index (χ3v) is 9.07. The van der Waals surface area contributed by atoms with Gasteiger partial charge in [0, 0.05) is 17.1 Å². The highest BCUT2D eigenvalue weighted by atomic mass is 79.9. The van der Waals surface area contributed by atoms with Crippen LogP contribution in [0.5, 0.6) is 5.75 Å². The van der Waals surface area contributed by atoms with Gasteiger partial charge in [0.1, 0.15) is 18.3 Å². The molecule has 3 aromatic rings. The van der Waals surface area contributed by atoms with E-state index in [1.54, 1.807) is 43.3 Å². The zero-order chi connectivity index (χ0) is 30.2. The molecule has 0 aliphatic carbocycles. The van der Waals surface area contributed by atoms with Gasteiger partial charge in [-0.05, 0) is 88.2 Å². The lowest BCUT2D eigenvalue weighted by Gasteiger charge is -2.32. The van der Waals surface area contributed by atoms with Crippen LogP contribution in [0.15, 0.2) is 82.2 Å². The van der Waals surface area contributed by atoms with E-state index in [1.807, 2.05) is 52.0 Å². The fraction of sp³-hybridized carbons (Fsp3) is 0.355. The van der Waals surface area contributed by atoms with Crippen LogP contribution < -0.4 is 14.4 Å². The Morgan fingerprint density at radius 3 is 2.10 bits per heavy atom. The molecule has 0 aromatic heterocycles. The summed E-state index contributed by atoms with van der Waals surface area (Å²) in [6.45, 7) is 9.34. The first-order valence-electron chi connectivity index (χ1n) is 13.6. The first-order valence-corrected chi connectivity index (χ1v) is 15.9. The molecule has 2 atom stereocenters. The van der Waals surface area contributed by atoms with Crippen molar-refractivity contribution in [3.8, 4) is 5.75 Å². The minimum Gasteiger partial charge on any atom is -0.494 e. The van der Waals surface area contributed by atoms with Crippen molar-refractivity contribution in [2.24, 2.45) is 0 Å². The standard InChI is InChI=1S/C31H38BrN3O5S/c1-6-23(4)33-31(37)24(5)34(20-25-10-12-26(32)13-11-25)30(36)21-35(27-14-16-28(17-15-27)40-7-2)41(38,39)29-18-8-22(3)9-19-29/h8-19,23-24H,6-7,20-21H2,1-5H3,(H,33,37). The monoisotopic (exact) mass is 643 g/mol. The number of rotatable bonds is 13. The molecule has 8 nitrogen and oxygen atoms in total. The third kappa shape index (κ3) is 8.56. The number of aryl methyl sites for hydroxylation is 1. The molecule has 2 unspecified atom stereocenters. The number of hydrogen-bond donors (Lipinski definition) is 1. The Labute approximate surface area is 251 Å². The fourth-order valence-corrected chi connectivity index (χ4v) is 5.75. The Hall–Kier alpha value is -3.37. The Balaban J connectivity index is 2.02. The molecule has 10 heteroatoms. The van der Waals surface area contributed by atoms with Crippen LogP contribution in [0.25, 0.3) is 0 Å². The highest BCUT2D eigenvalue weighted by Crippen LogP contribution is 2.27. The third-order valence-electron chi connectivity index (χ3n) is 6.76. The predicted molar refractivity (Wildman–Crippen MR) is 165 cm³/mol. The maximum Gasteiger partial charge on any atom is 0.264 e. The number of benzene rings is 3. The molecular formula is C31H38BrN3O5S. The molecule has 0 spiro atoms. The number of carbonyl (C=O) groups is 2. The van der Waals surface area contributed by atoms with Crippen LogP contribution in [-0.2, 0) is 26.2 Å². The first-order chi connectivity index (χ1) is 19.5. The topological polar surface area (TPSA) is 96.0 Å². The molecule has 1 N–H and O–H groups in total. The minimum atomic E-state index is -4.13. The van der Waals surface area contributed by atoms with Gasteiger partial charge in [-0.15, -0.1) is 0 Å². The zero-order valence-corrected chi connectivity index (χ0v) is 26.5. The van der Waals surface area contributed by atoms with E-state index in [0.29, 0.717) is 18.0 Å². The summed E-state index contributed by atoms with van der Waals surface area (Å²) in [7, 11) is -4.13. The number of carbonyl (C=O) groups excluding carboxylic acids is 2. The molecule has 220 valence electrons. The SMILES string of the molecule is CCOc1ccc(N(CC(=O)N(Cc2ccc(Br)cc2)C(C)C(=O)NC(C)CC)S(=O)(=O)c2ccc(C)cc2)cc1. The summed E-state index contributed by atoms with van der Waals surface area (Å²) in [6.07, 6.45) is 0.736. The summed E-state index contributed by atoms with van der Waals surface area (Å²) in [5.74, 6) is -0.231. The molecule has 0 radical (unpaired) electrons. The van der Waals surface area contributed by atoms with Crippen molar-refractivity contribution in [3.05, 3.63) is 88.4 Å². The molecule has 0 aliphatic rings. The normalized spacial score (nSPS) is 12.7. The number of halogens is 1. The summed E-state index contributed by atoms with van der Waals surface area (Å²) in [5.41, 5.74) is 2.02. The Morgan fingerprint density at radius 2 is 1.54 bits per heavy atom. The molecule has 0 saturated carbocycles. The molecule has 0 aliphatic heterocycles. The number of anilines is 1. The molecule has 0 heterocycles. The van der Waals surface area contributed by atoms with Crippen LogP contribution in [0.2, 0.25) is 0 Å². The molecule has 3 aromatic carbocycles. The van der Waals surface area contributed by atoms with Crippen molar-refractivity contribution < 1.29 is 22.7 Å². The van der Waals surface area contributed by atoms with E-state index in [-0.39, 0.29) is 23.4 Å². The van der Waals surface area contributed by atoms with Crippen LogP contribution in [0.1, 0.15) is 45.2 Å². The van der Waals surface area contributed by atoms with E-state index in [4.69, 9.17) is 4.74 Å². The van der Waals surface area contributed by atoms with Crippen LogP contribution in [0.4, 0.5) is 5.69 Å². The molecule has 0 bridgehead atoms.